The Bertz CT molecular complexity index is 1180. The van der Waals surface area contributed by atoms with Crippen molar-refractivity contribution in [1.29, 1.82) is 0 Å². The topological polar surface area (TPSA) is 81.8 Å². The number of ether oxygens (including phenoxy) is 2. The number of aryl methyl sites for hydroxylation is 1. The molecule has 174 valence electrons. The number of hydrogen-bond donors (Lipinski definition) is 0. The number of ketones is 1. The molecule has 2 aromatic heterocycles. The monoisotopic (exact) mass is 477 g/mol. The van der Waals surface area contributed by atoms with Crippen LogP contribution in [0, 0.1) is 19.7 Å². The highest BCUT2D eigenvalue weighted by Crippen LogP contribution is 2.34. The summed E-state index contributed by atoms with van der Waals surface area (Å²) < 4.78 is 42.5. The summed E-state index contributed by atoms with van der Waals surface area (Å²) in [5.41, 5.74) is 2.82. The molecule has 2 atom stereocenters. The van der Waals surface area contributed by atoms with Gasteiger partial charge in [0.1, 0.15) is 17.4 Å². The second-order valence-corrected chi connectivity index (χ2v) is 8.73. The Morgan fingerprint density at radius 1 is 1.27 bits per heavy atom. The average molecular weight is 478 g/mol. The van der Waals surface area contributed by atoms with Crippen molar-refractivity contribution in [3.05, 3.63) is 40.2 Å². The van der Waals surface area contributed by atoms with Gasteiger partial charge in [0.05, 0.1) is 49.9 Å². The highest BCUT2D eigenvalue weighted by molar-refractivity contribution is 6.44. The Hall–Kier alpha value is -2.85. The molecule has 5 rings (SSSR count). The number of likely N-dealkylation sites (tertiary alicyclic amines) is 1. The smallest absolute Gasteiger partial charge is 0.214 e. The first-order valence-corrected chi connectivity index (χ1v) is 11.0. The minimum absolute atomic E-state index is 0.00197. The van der Waals surface area contributed by atoms with E-state index < -0.39 is 18.1 Å². The number of aromatic nitrogens is 3. The highest BCUT2D eigenvalue weighted by Gasteiger charge is 2.37. The maximum atomic E-state index is 14.8. The van der Waals surface area contributed by atoms with Crippen LogP contribution in [-0.4, -0.2) is 76.8 Å². The van der Waals surface area contributed by atoms with E-state index in [4.69, 9.17) is 21.1 Å². The van der Waals surface area contributed by atoms with E-state index in [0.29, 0.717) is 35.7 Å². The number of nitrogens with zero attached hydrogens (tertiary/aromatic N) is 5. The van der Waals surface area contributed by atoms with Gasteiger partial charge in [0, 0.05) is 29.1 Å². The second-order valence-electron chi connectivity index (χ2n) is 8.35. The molecule has 0 N–H and O–H groups in total. The van der Waals surface area contributed by atoms with Crippen LogP contribution in [0.2, 0.25) is 0 Å². The van der Waals surface area contributed by atoms with Crippen LogP contribution in [0.4, 0.5) is 8.78 Å². The van der Waals surface area contributed by atoms with Gasteiger partial charge in [0.15, 0.2) is 18.1 Å². The summed E-state index contributed by atoms with van der Waals surface area (Å²) in [5.74, 6) is -0.719. The van der Waals surface area contributed by atoms with Crippen molar-refractivity contribution in [2.75, 3.05) is 32.8 Å². The lowest BCUT2D eigenvalue weighted by Gasteiger charge is -2.27. The number of halogens is 3. The Morgan fingerprint density at radius 2 is 2.06 bits per heavy atom. The fraction of sp³-hybridized carbons (Fsp3) is 0.455. The van der Waals surface area contributed by atoms with Crippen LogP contribution in [0.15, 0.2) is 28.0 Å². The van der Waals surface area contributed by atoms with Crippen molar-refractivity contribution in [1.82, 2.24) is 19.7 Å². The first-order valence-electron chi connectivity index (χ1n) is 10.6. The third-order valence-electron chi connectivity index (χ3n) is 6.12. The van der Waals surface area contributed by atoms with E-state index in [0.717, 1.165) is 11.9 Å². The van der Waals surface area contributed by atoms with Crippen LogP contribution >= 0.6 is 11.6 Å². The molecule has 0 aliphatic carbocycles. The molecule has 0 saturated carbocycles. The number of aliphatic imine (C=N–C) groups is 1. The Morgan fingerprint density at radius 3 is 2.79 bits per heavy atom. The summed E-state index contributed by atoms with van der Waals surface area (Å²) in [6, 6.07) is 1.60. The van der Waals surface area contributed by atoms with Crippen LogP contribution in [0.5, 0.6) is 5.88 Å². The largest absolute Gasteiger partial charge is 0.469 e. The summed E-state index contributed by atoms with van der Waals surface area (Å²) in [4.78, 5) is 21.4. The third-order valence-corrected chi connectivity index (χ3v) is 6.52. The van der Waals surface area contributed by atoms with Gasteiger partial charge in [-0.15, -0.1) is 0 Å². The molecule has 0 radical (unpaired) electrons. The fourth-order valence-electron chi connectivity index (χ4n) is 4.35. The van der Waals surface area contributed by atoms with Gasteiger partial charge in [-0.1, -0.05) is 11.6 Å². The zero-order chi connectivity index (χ0) is 23.3. The number of rotatable bonds is 5. The van der Waals surface area contributed by atoms with Gasteiger partial charge >= 0.3 is 0 Å². The first kappa shape index (κ1) is 22.0. The first-order chi connectivity index (χ1) is 15.8. The molecule has 0 aromatic carbocycles. The van der Waals surface area contributed by atoms with Crippen molar-refractivity contribution in [3.63, 3.8) is 0 Å². The van der Waals surface area contributed by atoms with Crippen LogP contribution < -0.4 is 4.74 Å². The standard InChI is InChI=1S/C22H22ClF2N5O3/c1-11-21(12(2)30(28-11)13-9-32-10-13)14-3-20(27-4-15(14)24)33-19-8-29(7-16(19)25)17-5-26-6-18(31)22(17)23/h3-5,13,16,19H,6-10H2,1-2H3/t16-,19-/m0/s1. The lowest BCUT2D eigenvalue weighted by Crippen LogP contribution is -2.32. The van der Waals surface area contributed by atoms with Gasteiger partial charge in [0.25, 0.3) is 0 Å². The molecular formula is C22H22ClF2N5O3. The number of dihydropyridines is 1. The predicted octanol–water partition coefficient (Wildman–Crippen LogP) is 2.78. The quantitative estimate of drug-likeness (QED) is 0.658. The van der Waals surface area contributed by atoms with Gasteiger partial charge in [-0.25, -0.2) is 13.8 Å². The van der Waals surface area contributed by atoms with Crippen LogP contribution in [0.3, 0.4) is 0 Å². The molecule has 33 heavy (non-hydrogen) atoms. The summed E-state index contributed by atoms with van der Waals surface area (Å²) in [5, 5.41) is 4.60. The molecule has 5 heterocycles. The van der Waals surface area contributed by atoms with Crippen molar-refractivity contribution >= 4 is 23.6 Å². The molecule has 0 unspecified atom stereocenters. The van der Waals surface area contributed by atoms with E-state index in [2.05, 4.69) is 15.1 Å². The molecule has 8 nitrogen and oxygen atoms in total. The molecule has 11 heteroatoms. The molecule has 2 aromatic rings. The lowest BCUT2D eigenvalue weighted by molar-refractivity contribution is -0.113. The lowest BCUT2D eigenvalue weighted by atomic mass is 10.0. The van der Waals surface area contributed by atoms with Crippen molar-refractivity contribution in [2.45, 2.75) is 32.2 Å². The van der Waals surface area contributed by atoms with E-state index in [1.54, 1.807) is 4.90 Å². The molecule has 0 amide bonds. The minimum Gasteiger partial charge on any atom is -0.469 e. The molecule has 3 aliphatic rings. The number of hydrogen-bond acceptors (Lipinski definition) is 7. The zero-order valence-corrected chi connectivity index (χ0v) is 18.9. The van der Waals surface area contributed by atoms with Crippen molar-refractivity contribution < 1.29 is 23.0 Å². The van der Waals surface area contributed by atoms with Gasteiger partial charge in [-0.05, 0) is 13.8 Å². The third kappa shape index (κ3) is 3.91. The molecule has 0 bridgehead atoms. The molecule has 2 fully saturated rings. The van der Waals surface area contributed by atoms with Gasteiger partial charge in [-0.3, -0.25) is 14.5 Å². The Labute approximate surface area is 193 Å². The number of Topliss-reactive ketones (excluding diaryl/α,β-unsaturated/α-hetero) is 1. The maximum Gasteiger partial charge on any atom is 0.214 e. The second kappa shape index (κ2) is 8.49. The van der Waals surface area contributed by atoms with Crippen molar-refractivity contribution in [2.24, 2.45) is 4.99 Å². The maximum absolute atomic E-state index is 14.8. The fourth-order valence-corrected chi connectivity index (χ4v) is 4.58. The van der Waals surface area contributed by atoms with E-state index >= 15 is 0 Å². The minimum atomic E-state index is -1.35. The average Bonchev–Trinajstić information content (AvgIpc) is 3.23. The van der Waals surface area contributed by atoms with Crippen molar-refractivity contribution in [3.8, 4) is 17.0 Å². The Balaban J connectivity index is 1.38. The molecule has 3 aliphatic heterocycles. The number of alkyl halides is 1. The number of carbonyl (C=O) groups excluding carboxylic acids is 1. The zero-order valence-electron chi connectivity index (χ0n) is 18.1. The van der Waals surface area contributed by atoms with Crippen LogP contribution in [0.25, 0.3) is 11.1 Å². The SMILES string of the molecule is Cc1nn(C2COC2)c(C)c1-c1cc(O[C@H]2CN(C3=C(Cl)C(=O)CN=C3)C[C@@H]2F)ncc1F. The summed E-state index contributed by atoms with van der Waals surface area (Å²) in [6.07, 6.45) is 0.325. The molecular weight excluding hydrogens is 456 g/mol. The van der Waals surface area contributed by atoms with E-state index in [1.807, 2.05) is 18.5 Å². The number of allylic oxidation sites excluding steroid dienone is 1. The highest BCUT2D eigenvalue weighted by atomic mass is 35.5. The summed E-state index contributed by atoms with van der Waals surface area (Å²) in [7, 11) is 0. The number of pyridine rings is 1. The van der Waals surface area contributed by atoms with Crippen LogP contribution in [-0.2, 0) is 9.53 Å². The molecule has 0 spiro atoms. The van der Waals surface area contributed by atoms with Gasteiger partial charge < -0.3 is 14.4 Å². The number of carbonyl (C=O) groups is 1. The predicted molar refractivity (Wildman–Crippen MR) is 117 cm³/mol. The van der Waals surface area contributed by atoms with E-state index in [-0.39, 0.29) is 42.4 Å². The Kier molecular flexibility index (Phi) is 5.65. The summed E-state index contributed by atoms with van der Waals surface area (Å²) in [6.45, 7) is 4.97. The van der Waals surface area contributed by atoms with E-state index in [9.17, 15) is 13.6 Å². The van der Waals surface area contributed by atoms with Gasteiger partial charge in [-0.2, -0.15) is 5.10 Å². The van der Waals surface area contributed by atoms with Crippen LogP contribution in [0.1, 0.15) is 17.4 Å². The summed E-state index contributed by atoms with van der Waals surface area (Å²) >= 11 is 6.11. The van der Waals surface area contributed by atoms with E-state index in [1.165, 1.54) is 12.3 Å². The molecule has 2 saturated heterocycles. The normalized spacial score (nSPS) is 23.4. The van der Waals surface area contributed by atoms with Gasteiger partial charge in [0.2, 0.25) is 5.88 Å².